The van der Waals surface area contributed by atoms with Gasteiger partial charge in [-0.15, -0.1) is 0 Å². The van der Waals surface area contributed by atoms with Crippen LogP contribution in [0.2, 0.25) is 0 Å². The summed E-state index contributed by atoms with van der Waals surface area (Å²) in [5.41, 5.74) is 6.01. The fraction of sp³-hybridized carbons (Fsp3) is 0.353. The van der Waals surface area contributed by atoms with Crippen LogP contribution in [-0.4, -0.2) is 34.8 Å². The topological polar surface area (TPSA) is 93.6 Å². The lowest BCUT2D eigenvalue weighted by Gasteiger charge is -2.22. The third-order valence-electron chi connectivity index (χ3n) is 3.64. The van der Waals surface area contributed by atoms with E-state index in [0.717, 1.165) is 16.0 Å². The number of carbonyl (C=O) groups is 2. The van der Waals surface area contributed by atoms with Crippen molar-refractivity contribution in [3.63, 3.8) is 0 Å². The van der Waals surface area contributed by atoms with E-state index in [0.29, 0.717) is 12.0 Å². The molecule has 2 rings (SSSR count). The molecule has 0 saturated carbocycles. The molecule has 1 atom stereocenters. The molecule has 0 bridgehead atoms. The summed E-state index contributed by atoms with van der Waals surface area (Å²) in [6.07, 6.45) is 2.39. The minimum Gasteiger partial charge on any atom is -0.422 e. The van der Waals surface area contributed by atoms with Crippen LogP contribution in [0.25, 0.3) is 11.0 Å². The Labute approximate surface area is 144 Å². The van der Waals surface area contributed by atoms with Crippen molar-refractivity contribution in [2.24, 2.45) is 5.73 Å². The van der Waals surface area contributed by atoms with Crippen LogP contribution >= 0.6 is 11.8 Å². The number of hydrogen-bond donors (Lipinski definition) is 1. The Bertz CT molecular complexity index is 803. The molecular formula is C17H20N2O4S. The molecule has 2 aromatic rings. The number of benzene rings is 1. The van der Waals surface area contributed by atoms with Crippen LogP contribution < -0.4 is 11.4 Å². The highest BCUT2D eigenvalue weighted by Crippen LogP contribution is 2.14. The Hall–Kier alpha value is -2.12. The van der Waals surface area contributed by atoms with Gasteiger partial charge >= 0.3 is 5.63 Å². The average Bonchev–Trinajstić information content (AvgIpc) is 2.56. The van der Waals surface area contributed by atoms with Gasteiger partial charge in [0, 0.05) is 12.3 Å². The van der Waals surface area contributed by atoms with Crippen molar-refractivity contribution in [1.82, 2.24) is 4.90 Å². The van der Waals surface area contributed by atoms with Crippen LogP contribution in [0.5, 0.6) is 0 Å². The first-order valence-corrected chi connectivity index (χ1v) is 8.91. The molecule has 128 valence electrons. The maximum Gasteiger partial charge on any atom is 0.341 e. The molecule has 0 aliphatic heterocycles. The highest BCUT2D eigenvalue weighted by Gasteiger charge is 2.25. The zero-order valence-electron chi connectivity index (χ0n) is 13.7. The van der Waals surface area contributed by atoms with E-state index < -0.39 is 23.5 Å². The van der Waals surface area contributed by atoms with E-state index in [1.165, 1.54) is 6.92 Å². The number of carbonyl (C=O) groups excluding carboxylic acids is 2. The highest BCUT2D eigenvalue weighted by molar-refractivity contribution is 7.98. The summed E-state index contributed by atoms with van der Waals surface area (Å²) < 4.78 is 5.24. The predicted octanol–water partition coefficient (Wildman–Crippen LogP) is 1.75. The van der Waals surface area contributed by atoms with Gasteiger partial charge in [-0.25, -0.2) is 4.79 Å². The summed E-state index contributed by atoms with van der Waals surface area (Å²) in [5, 5.41) is 0.731. The Morgan fingerprint density at radius 3 is 2.71 bits per heavy atom. The number of nitrogens with zero attached hydrogens (tertiary/aromatic N) is 1. The SMILES string of the molecule is CSCC[C@H](N)C(=O)N(Cc1cc2ccccc2oc1=O)C(C)=O. The van der Waals surface area contributed by atoms with Crippen LogP contribution in [0.3, 0.4) is 0 Å². The molecule has 0 spiro atoms. The molecule has 2 amide bonds. The van der Waals surface area contributed by atoms with E-state index in [2.05, 4.69) is 0 Å². The van der Waals surface area contributed by atoms with Crippen molar-refractivity contribution >= 4 is 34.5 Å². The lowest BCUT2D eigenvalue weighted by molar-refractivity contribution is -0.145. The van der Waals surface area contributed by atoms with Crippen molar-refractivity contribution in [3.05, 3.63) is 46.3 Å². The van der Waals surface area contributed by atoms with E-state index >= 15 is 0 Å². The Morgan fingerprint density at radius 1 is 1.33 bits per heavy atom. The van der Waals surface area contributed by atoms with Crippen molar-refractivity contribution in [2.75, 3.05) is 12.0 Å². The second-order valence-corrected chi connectivity index (χ2v) is 6.41. The van der Waals surface area contributed by atoms with Gasteiger partial charge in [0.05, 0.1) is 18.2 Å². The second kappa shape index (κ2) is 8.12. The number of amides is 2. The smallest absolute Gasteiger partial charge is 0.341 e. The van der Waals surface area contributed by atoms with Crippen molar-refractivity contribution in [3.8, 4) is 0 Å². The first-order valence-electron chi connectivity index (χ1n) is 7.52. The fourth-order valence-electron chi connectivity index (χ4n) is 2.30. The largest absolute Gasteiger partial charge is 0.422 e. The summed E-state index contributed by atoms with van der Waals surface area (Å²) in [4.78, 5) is 37.4. The molecule has 0 radical (unpaired) electrons. The molecule has 0 aliphatic carbocycles. The van der Waals surface area contributed by atoms with Gasteiger partial charge in [-0.2, -0.15) is 11.8 Å². The molecule has 1 heterocycles. The maximum absolute atomic E-state index is 12.4. The molecule has 0 fully saturated rings. The number of rotatable bonds is 6. The first-order chi connectivity index (χ1) is 11.4. The van der Waals surface area contributed by atoms with Gasteiger partial charge < -0.3 is 10.2 Å². The number of hydrogen-bond acceptors (Lipinski definition) is 6. The minimum absolute atomic E-state index is 0.145. The fourth-order valence-corrected chi connectivity index (χ4v) is 2.79. The third-order valence-corrected chi connectivity index (χ3v) is 4.28. The zero-order chi connectivity index (χ0) is 17.7. The van der Waals surface area contributed by atoms with Crippen LogP contribution in [-0.2, 0) is 16.1 Å². The van der Waals surface area contributed by atoms with Crippen molar-refractivity contribution < 1.29 is 14.0 Å². The Morgan fingerprint density at radius 2 is 2.04 bits per heavy atom. The van der Waals surface area contributed by atoms with Crippen LogP contribution in [0.4, 0.5) is 0 Å². The number of fused-ring (bicyclic) bond motifs is 1. The van der Waals surface area contributed by atoms with Crippen molar-refractivity contribution in [2.45, 2.75) is 25.9 Å². The van der Waals surface area contributed by atoms with E-state index in [1.54, 1.807) is 36.0 Å². The number of nitrogens with two attached hydrogens (primary N) is 1. The number of para-hydroxylation sites is 1. The molecular weight excluding hydrogens is 328 g/mol. The van der Waals surface area contributed by atoms with E-state index in [4.69, 9.17) is 10.2 Å². The molecule has 0 unspecified atom stereocenters. The average molecular weight is 348 g/mol. The number of thioether (sulfide) groups is 1. The standard InChI is InChI=1S/C17H20N2O4S/c1-11(20)19(16(21)14(18)7-8-24-2)10-13-9-12-5-3-4-6-15(12)23-17(13)22/h3-6,9,14H,7-8,10,18H2,1-2H3/t14-/m0/s1. The summed E-state index contributed by atoms with van der Waals surface area (Å²) >= 11 is 1.57. The summed E-state index contributed by atoms with van der Waals surface area (Å²) in [6.45, 7) is 1.14. The second-order valence-electron chi connectivity index (χ2n) is 5.43. The quantitative estimate of drug-likeness (QED) is 0.799. The highest BCUT2D eigenvalue weighted by atomic mass is 32.2. The minimum atomic E-state index is -0.770. The Balaban J connectivity index is 2.28. The number of imide groups is 1. The van der Waals surface area contributed by atoms with Crippen molar-refractivity contribution in [1.29, 1.82) is 0 Å². The molecule has 24 heavy (non-hydrogen) atoms. The van der Waals surface area contributed by atoms with Crippen LogP contribution in [0.15, 0.2) is 39.5 Å². The van der Waals surface area contributed by atoms with Gasteiger partial charge in [-0.1, -0.05) is 18.2 Å². The molecule has 1 aromatic carbocycles. The predicted molar refractivity (Wildman–Crippen MR) is 94.7 cm³/mol. The third kappa shape index (κ3) is 4.24. The lowest BCUT2D eigenvalue weighted by atomic mass is 10.1. The molecule has 6 nitrogen and oxygen atoms in total. The normalized spacial score (nSPS) is 12.1. The summed E-state index contributed by atoms with van der Waals surface area (Å²) in [5.74, 6) is -0.215. The van der Waals surface area contributed by atoms with Gasteiger partial charge in [0.2, 0.25) is 11.8 Å². The summed E-state index contributed by atoms with van der Waals surface area (Å²) in [7, 11) is 0. The molecule has 0 aliphatic rings. The van der Waals surface area contributed by atoms with E-state index in [1.807, 2.05) is 12.3 Å². The maximum atomic E-state index is 12.4. The molecule has 2 N–H and O–H groups in total. The Kier molecular flexibility index (Phi) is 6.16. The lowest BCUT2D eigenvalue weighted by Crippen LogP contribution is -2.46. The van der Waals surface area contributed by atoms with Crippen LogP contribution in [0, 0.1) is 0 Å². The first kappa shape index (κ1) is 18.2. The summed E-state index contributed by atoms with van der Waals surface area (Å²) in [6, 6.07) is 7.93. The van der Waals surface area contributed by atoms with Gasteiger partial charge in [-0.3, -0.25) is 14.5 Å². The van der Waals surface area contributed by atoms with E-state index in [9.17, 15) is 14.4 Å². The van der Waals surface area contributed by atoms with Gasteiger partial charge in [0.25, 0.3) is 0 Å². The molecule has 0 saturated heterocycles. The van der Waals surface area contributed by atoms with Gasteiger partial charge in [0.15, 0.2) is 0 Å². The van der Waals surface area contributed by atoms with Crippen LogP contribution in [0.1, 0.15) is 18.9 Å². The molecule has 1 aromatic heterocycles. The van der Waals surface area contributed by atoms with Gasteiger partial charge in [-0.05, 0) is 30.6 Å². The molecule has 7 heteroatoms. The van der Waals surface area contributed by atoms with E-state index in [-0.39, 0.29) is 12.1 Å². The monoisotopic (exact) mass is 348 g/mol. The van der Waals surface area contributed by atoms with Gasteiger partial charge in [0.1, 0.15) is 5.58 Å². The zero-order valence-corrected chi connectivity index (χ0v) is 14.5.